The fraction of sp³-hybridized carbons (Fsp3) is 0.600. The maximum atomic E-state index is 14.1. The topological polar surface area (TPSA) is 89.4 Å². The van der Waals surface area contributed by atoms with Gasteiger partial charge in [-0.2, -0.15) is 4.98 Å². The molecule has 6 rings (SSSR count). The number of hydrogen-bond donors (Lipinski definition) is 1. The summed E-state index contributed by atoms with van der Waals surface area (Å²) < 4.78 is 7.20. The number of rotatable bonds is 8. The van der Waals surface area contributed by atoms with Crippen LogP contribution in [-0.4, -0.2) is 51.6 Å². The number of carbonyl (C=O) groups excluding carboxylic acids is 1. The molecule has 0 atom stereocenters. The number of piperidine rings is 1. The first kappa shape index (κ1) is 25.3. The molecule has 3 aromatic rings. The zero-order chi connectivity index (χ0) is 26.1. The molecule has 0 amide bonds. The first-order chi connectivity index (χ1) is 18.6. The maximum Gasteiger partial charge on any atom is 0.309 e. The Morgan fingerprint density at radius 1 is 1.03 bits per heavy atom. The van der Waals surface area contributed by atoms with E-state index in [4.69, 9.17) is 9.72 Å². The molecule has 202 valence electrons. The summed E-state index contributed by atoms with van der Waals surface area (Å²) in [6.07, 6.45) is 11.6. The van der Waals surface area contributed by atoms with E-state index < -0.39 is 0 Å². The number of nitrogens with one attached hydrogen (secondary N) is 1. The van der Waals surface area contributed by atoms with Crippen LogP contribution in [0.5, 0.6) is 0 Å². The summed E-state index contributed by atoms with van der Waals surface area (Å²) >= 11 is 0. The smallest absolute Gasteiger partial charge is 0.309 e. The van der Waals surface area contributed by atoms with Crippen LogP contribution in [0, 0.1) is 11.8 Å². The third kappa shape index (κ3) is 5.28. The second-order valence-corrected chi connectivity index (χ2v) is 11.4. The molecule has 8 heteroatoms. The molecule has 3 fully saturated rings. The van der Waals surface area contributed by atoms with E-state index in [2.05, 4.69) is 33.4 Å². The Kier molecular flexibility index (Phi) is 7.32. The lowest BCUT2D eigenvalue weighted by Gasteiger charge is -2.31. The van der Waals surface area contributed by atoms with Crippen molar-refractivity contribution in [3.63, 3.8) is 0 Å². The Bertz CT molecular complexity index is 1370. The molecule has 2 saturated carbocycles. The lowest BCUT2D eigenvalue weighted by atomic mass is 9.94. The quantitative estimate of drug-likeness (QED) is 0.330. The molecule has 0 radical (unpaired) electrons. The van der Waals surface area contributed by atoms with Crippen LogP contribution in [0.15, 0.2) is 29.2 Å². The van der Waals surface area contributed by atoms with Crippen molar-refractivity contribution in [2.45, 2.75) is 77.3 Å². The van der Waals surface area contributed by atoms with Crippen molar-refractivity contribution in [3.8, 4) is 0 Å². The zero-order valence-corrected chi connectivity index (χ0v) is 22.5. The molecule has 2 aromatic heterocycles. The molecule has 0 bridgehead atoms. The van der Waals surface area contributed by atoms with Gasteiger partial charge in [0.25, 0.3) is 5.56 Å². The van der Waals surface area contributed by atoms with Gasteiger partial charge in [-0.15, -0.1) is 0 Å². The summed E-state index contributed by atoms with van der Waals surface area (Å²) in [5.74, 6) is 1.28. The summed E-state index contributed by atoms with van der Waals surface area (Å²) in [4.78, 5) is 38.1. The number of carbonyl (C=O) groups is 1. The molecule has 38 heavy (non-hydrogen) atoms. The molecule has 1 aliphatic heterocycles. The number of anilines is 1. The Hall–Kier alpha value is -3.00. The Morgan fingerprint density at radius 3 is 2.55 bits per heavy atom. The number of likely N-dealkylation sites (tertiary alicyclic amines) is 1. The van der Waals surface area contributed by atoms with Crippen molar-refractivity contribution in [3.05, 3.63) is 40.3 Å². The van der Waals surface area contributed by atoms with Gasteiger partial charge in [0.1, 0.15) is 5.65 Å². The fourth-order valence-corrected chi connectivity index (χ4v) is 6.24. The standard InChI is InChI=1S/C30H39N5O3/c1-2-38-29(37)22-12-14-34(15-13-22)19-21-10-11-24-25(16-21)28(36)35(23-6-4-3-5-7-23)27-26(24)18-32-30(33-27)31-17-20-8-9-20/h10-11,16,18,20,22-23H,2-9,12-15,17,19H2,1H3,(H,31,32,33). The monoisotopic (exact) mass is 517 g/mol. The highest BCUT2D eigenvalue weighted by Crippen LogP contribution is 2.33. The maximum absolute atomic E-state index is 14.1. The molecular formula is C30H39N5O3. The number of nitrogens with zero attached hydrogens (tertiary/aromatic N) is 4. The average molecular weight is 518 g/mol. The summed E-state index contributed by atoms with van der Waals surface area (Å²) in [5.41, 5.74) is 1.95. The van der Waals surface area contributed by atoms with Gasteiger partial charge in [-0.3, -0.25) is 19.1 Å². The van der Waals surface area contributed by atoms with Gasteiger partial charge < -0.3 is 10.1 Å². The normalized spacial score (nSPS) is 19.7. The van der Waals surface area contributed by atoms with Gasteiger partial charge in [-0.1, -0.05) is 31.4 Å². The predicted octanol–water partition coefficient (Wildman–Crippen LogP) is 5.05. The van der Waals surface area contributed by atoms with Gasteiger partial charge in [0.2, 0.25) is 5.95 Å². The number of aromatic nitrogens is 3. The summed E-state index contributed by atoms with van der Waals surface area (Å²) in [6, 6.07) is 6.46. The van der Waals surface area contributed by atoms with E-state index in [1.165, 1.54) is 19.3 Å². The molecule has 3 aliphatic rings. The van der Waals surface area contributed by atoms with Crippen LogP contribution in [0.25, 0.3) is 21.8 Å². The number of esters is 1. The number of fused-ring (bicyclic) bond motifs is 3. The molecule has 1 saturated heterocycles. The second-order valence-electron chi connectivity index (χ2n) is 11.4. The number of hydrogen-bond acceptors (Lipinski definition) is 7. The van der Waals surface area contributed by atoms with Crippen LogP contribution in [0.1, 0.15) is 76.3 Å². The van der Waals surface area contributed by atoms with Crippen molar-refractivity contribution in [2.75, 3.05) is 31.6 Å². The minimum absolute atomic E-state index is 0.000481. The predicted molar refractivity (Wildman–Crippen MR) is 149 cm³/mol. The Morgan fingerprint density at radius 2 is 1.82 bits per heavy atom. The fourth-order valence-electron chi connectivity index (χ4n) is 6.24. The molecule has 0 unspecified atom stereocenters. The van der Waals surface area contributed by atoms with E-state index in [0.29, 0.717) is 12.6 Å². The molecule has 0 spiro atoms. The molecule has 8 nitrogen and oxygen atoms in total. The zero-order valence-electron chi connectivity index (χ0n) is 22.5. The van der Waals surface area contributed by atoms with E-state index in [1.807, 2.05) is 17.7 Å². The average Bonchev–Trinajstić information content (AvgIpc) is 3.78. The van der Waals surface area contributed by atoms with Gasteiger partial charge in [-0.25, -0.2) is 4.98 Å². The van der Waals surface area contributed by atoms with Gasteiger partial charge >= 0.3 is 5.97 Å². The first-order valence-electron chi connectivity index (χ1n) is 14.6. The summed E-state index contributed by atoms with van der Waals surface area (Å²) in [5, 5.41) is 6.02. The van der Waals surface area contributed by atoms with Gasteiger partial charge in [0.05, 0.1) is 12.5 Å². The Labute approximate surface area is 223 Å². The van der Waals surface area contributed by atoms with Crippen LogP contribution in [0.2, 0.25) is 0 Å². The van der Waals surface area contributed by atoms with Crippen molar-refractivity contribution < 1.29 is 9.53 Å². The van der Waals surface area contributed by atoms with Gasteiger partial charge in [0.15, 0.2) is 0 Å². The van der Waals surface area contributed by atoms with Crippen LogP contribution in [-0.2, 0) is 16.1 Å². The largest absolute Gasteiger partial charge is 0.466 e. The Balaban J connectivity index is 1.31. The minimum atomic E-state index is -0.0684. The third-order valence-electron chi connectivity index (χ3n) is 8.62. The summed E-state index contributed by atoms with van der Waals surface area (Å²) in [6.45, 7) is 5.67. The molecule has 1 N–H and O–H groups in total. The van der Waals surface area contributed by atoms with E-state index in [9.17, 15) is 9.59 Å². The number of pyridine rings is 1. The number of benzene rings is 1. The second kappa shape index (κ2) is 11.0. The van der Waals surface area contributed by atoms with Gasteiger partial charge in [-0.05, 0) is 81.5 Å². The SMILES string of the molecule is CCOC(=O)C1CCN(Cc2ccc3c(c2)c(=O)n(C2CCCCC2)c2nc(NCC4CC4)ncc32)CC1. The first-order valence-corrected chi connectivity index (χ1v) is 14.6. The highest BCUT2D eigenvalue weighted by Gasteiger charge is 2.27. The molecular weight excluding hydrogens is 478 g/mol. The lowest BCUT2D eigenvalue weighted by molar-refractivity contribution is -0.149. The van der Waals surface area contributed by atoms with E-state index in [-0.39, 0.29) is 23.5 Å². The highest BCUT2D eigenvalue weighted by atomic mass is 16.5. The van der Waals surface area contributed by atoms with Crippen molar-refractivity contribution in [1.29, 1.82) is 0 Å². The summed E-state index contributed by atoms with van der Waals surface area (Å²) in [7, 11) is 0. The highest BCUT2D eigenvalue weighted by molar-refractivity contribution is 6.04. The number of ether oxygens (including phenoxy) is 1. The van der Waals surface area contributed by atoms with Crippen LogP contribution >= 0.6 is 0 Å². The van der Waals surface area contributed by atoms with Crippen LogP contribution in [0.3, 0.4) is 0 Å². The van der Waals surface area contributed by atoms with E-state index in [0.717, 1.165) is 98.0 Å². The van der Waals surface area contributed by atoms with Crippen molar-refractivity contribution >= 4 is 33.7 Å². The van der Waals surface area contributed by atoms with E-state index >= 15 is 0 Å². The lowest BCUT2D eigenvalue weighted by Crippen LogP contribution is -2.36. The van der Waals surface area contributed by atoms with Crippen molar-refractivity contribution in [2.24, 2.45) is 11.8 Å². The molecule has 3 heterocycles. The van der Waals surface area contributed by atoms with Crippen LogP contribution in [0.4, 0.5) is 5.95 Å². The molecule has 1 aromatic carbocycles. The van der Waals surface area contributed by atoms with Crippen LogP contribution < -0.4 is 10.9 Å². The van der Waals surface area contributed by atoms with Gasteiger partial charge in [0, 0.05) is 36.1 Å². The van der Waals surface area contributed by atoms with E-state index in [1.54, 1.807) is 0 Å². The van der Waals surface area contributed by atoms with Crippen molar-refractivity contribution in [1.82, 2.24) is 19.4 Å². The third-order valence-corrected chi connectivity index (χ3v) is 8.62. The molecule has 2 aliphatic carbocycles. The minimum Gasteiger partial charge on any atom is -0.466 e.